The van der Waals surface area contributed by atoms with Crippen LogP contribution in [0, 0.1) is 0 Å². The molecule has 0 spiro atoms. The number of ether oxygens (including phenoxy) is 3. The van der Waals surface area contributed by atoms with E-state index >= 15 is 0 Å². The fourth-order valence-corrected chi connectivity index (χ4v) is 5.29. The Morgan fingerprint density at radius 2 is 2.00 bits per heavy atom. The van der Waals surface area contributed by atoms with Gasteiger partial charge in [-0.1, -0.05) is 18.2 Å². The third kappa shape index (κ3) is 5.02. The second kappa shape index (κ2) is 10.3. The summed E-state index contributed by atoms with van der Waals surface area (Å²) >= 11 is 1.62. The Bertz CT molecular complexity index is 977. The summed E-state index contributed by atoms with van der Waals surface area (Å²) in [6.07, 6.45) is 2.31. The van der Waals surface area contributed by atoms with Gasteiger partial charge in [-0.15, -0.1) is 11.8 Å². The van der Waals surface area contributed by atoms with Crippen molar-refractivity contribution in [3.05, 3.63) is 48.0 Å². The van der Waals surface area contributed by atoms with Crippen molar-refractivity contribution in [1.82, 2.24) is 5.32 Å². The topological polar surface area (TPSA) is 77.1 Å². The van der Waals surface area contributed by atoms with Crippen molar-refractivity contribution >= 4 is 29.3 Å². The molecule has 1 fully saturated rings. The van der Waals surface area contributed by atoms with E-state index in [0.29, 0.717) is 18.0 Å². The molecule has 2 aliphatic rings. The number of nitrogens with one attached hydrogen (secondary N) is 1. The van der Waals surface area contributed by atoms with Crippen LogP contribution in [0.4, 0.5) is 5.69 Å². The zero-order chi connectivity index (χ0) is 22.5. The van der Waals surface area contributed by atoms with Crippen LogP contribution in [0.5, 0.6) is 11.5 Å². The van der Waals surface area contributed by atoms with Crippen LogP contribution in [0.1, 0.15) is 30.1 Å². The number of anilines is 1. The van der Waals surface area contributed by atoms with Gasteiger partial charge in [-0.05, 0) is 42.7 Å². The number of carbonyl (C=O) groups excluding carboxylic acids is 2. The quantitative estimate of drug-likeness (QED) is 0.687. The van der Waals surface area contributed by atoms with Crippen molar-refractivity contribution in [3.63, 3.8) is 0 Å². The minimum Gasteiger partial charge on any atom is -0.493 e. The molecule has 8 heteroatoms. The van der Waals surface area contributed by atoms with Gasteiger partial charge in [-0.2, -0.15) is 0 Å². The minimum atomic E-state index is -0.182. The zero-order valence-corrected chi connectivity index (χ0v) is 19.2. The molecule has 0 saturated carbocycles. The molecular weight excluding hydrogens is 428 g/mol. The standard InChI is InChI=1S/C24H28N2O5S/c1-29-19-10-9-16(12-20(19)30-2)22-13-24(28)26(18-7-3-4-8-21(18)32-22)15-23(27)25-14-17-6-5-11-31-17/h3-4,7-10,12,17,22H,5-6,11,13-15H2,1-2H3,(H,25,27)/t17-,22-/m1/s1. The van der Waals surface area contributed by atoms with Crippen molar-refractivity contribution in [2.75, 3.05) is 38.8 Å². The largest absolute Gasteiger partial charge is 0.493 e. The van der Waals surface area contributed by atoms with Crippen LogP contribution in [0.2, 0.25) is 0 Å². The van der Waals surface area contributed by atoms with E-state index in [0.717, 1.165) is 35.6 Å². The molecular formula is C24H28N2O5S. The lowest BCUT2D eigenvalue weighted by molar-refractivity contribution is -0.124. The van der Waals surface area contributed by atoms with Crippen LogP contribution in [-0.2, 0) is 14.3 Å². The number of hydrogen-bond donors (Lipinski definition) is 1. The number of para-hydroxylation sites is 1. The normalized spacial score (nSPS) is 20.4. The molecule has 1 saturated heterocycles. The second-order valence-corrected chi connectivity index (χ2v) is 9.06. The third-order valence-corrected chi connectivity index (χ3v) is 7.04. The molecule has 0 aromatic heterocycles. The van der Waals surface area contributed by atoms with Gasteiger partial charge < -0.3 is 24.4 Å². The highest BCUT2D eigenvalue weighted by atomic mass is 32.2. The summed E-state index contributed by atoms with van der Waals surface area (Å²) in [6, 6.07) is 13.4. The van der Waals surface area contributed by atoms with Gasteiger partial charge in [-0.3, -0.25) is 9.59 Å². The van der Waals surface area contributed by atoms with Gasteiger partial charge in [-0.25, -0.2) is 0 Å². The summed E-state index contributed by atoms with van der Waals surface area (Å²) in [4.78, 5) is 28.5. The van der Waals surface area contributed by atoms with Crippen LogP contribution >= 0.6 is 11.8 Å². The molecule has 4 rings (SSSR count). The first-order valence-corrected chi connectivity index (χ1v) is 11.6. The van der Waals surface area contributed by atoms with E-state index in [-0.39, 0.29) is 36.1 Å². The predicted molar refractivity (Wildman–Crippen MR) is 124 cm³/mol. The molecule has 0 unspecified atom stereocenters. The number of nitrogens with zero attached hydrogens (tertiary/aromatic N) is 1. The first-order valence-electron chi connectivity index (χ1n) is 10.8. The fraction of sp³-hybridized carbons (Fsp3) is 0.417. The molecule has 2 heterocycles. The number of amides is 2. The maximum atomic E-state index is 13.3. The Morgan fingerprint density at radius 1 is 1.19 bits per heavy atom. The van der Waals surface area contributed by atoms with Crippen molar-refractivity contribution in [2.24, 2.45) is 0 Å². The van der Waals surface area contributed by atoms with Gasteiger partial charge in [0, 0.05) is 29.7 Å². The van der Waals surface area contributed by atoms with E-state index in [2.05, 4.69) is 5.32 Å². The minimum absolute atomic E-state index is 0.0121. The fourth-order valence-electron chi connectivity index (χ4n) is 4.02. The Morgan fingerprint density at radius 3 is 2.75 bits per heavy atom. The van der Waals surface area contributed by atoms with Crippen LogP contribution in [0.3, 0.4) is 0 Å². The van der Waals surface area contributed by atoms with Gasteiger partial charge in [0.05, 0.1) is 26.0 Å². The SMILES string of the molecule is COc1ccc([C@H]2CC(=O)N(CC(=O)NC[C@H]3CCCO3)c3ccccc3S2)cc1OC. The summed E-state index contributed by atoms with van der Waals surface area (Å²) < 4.78 is 16.4. The van der Waals surface area contributed by atoms with Crippen molar-refractivity contribution in [3.8, 4) is 11.5 Å². The summed E-state index contributed by atoms with van der Waals surface area (Å²) in [5.41, 5.74) is 1.73. The van der Waals surface area contributed by atoms with Crippen molar-refractivity contribution in [1.29, 1.82) is 0 Å². The van der Waals surface area contributed by atoms with Gasteiger partial charge in [0.1, 0.15) is 6.54 Å². The lowest BCUT2D eigenvalue weighted by Crippen LogP contribution is -2.42. The number of benzene rings is 2. The van der Waals surface area contributed by atoms with Crippen LogP contribution in [-0.4, -0.2) is 51.8 Å². The van der Waals surface area contributed by atoms with Gasteiger partial charge in [0.25, 0.3) is 0 Å². The summed E-state index contributed by atoms with van der Waals surface area (Å²) in [5, 5.41) is 2.81. The predicted octanol–water partition coefficient (Wildman–Crippen LogP) is 3.57. The summed E-state index contributed by atoms with van der Waals surface area (Å²) in [7, 11) is 3.19. The molecule has 2 atom stereocenters. The summed E-state index contributed by atoms with van der Waals surface area (Å²) in [6.45, 7) is 1.21. The highest BCUT2D eigenvalue weighted by Gasteiger charge is 2.31. The molecule has 0 radical (unpaired) electrons. The Kier molecular flexibility index (Phi) is 7.22. The number of fused-ring (bicyclic) bond motifs is 1. The molecule has 170 valence electrons. The molecule has 2 aromatic rings. The first-order chi connectivity index (χ1) is 15.6. The molecule has 0 aliphatic carbocycles. The Hall–Kier alpha value is -2.71. The molecule has 2 aliphatic heterocycles. The van der Waals surface area contributed by atoms with Crippen LogP contribution in [0.25, 0.3) is 0 Å². The van der Waals surface area contributed by atoms with Crippen molar-refractivity contribution < 1.29 is 23.8 Å². The highest BCUT2D eigenvalue weighted by Crippen LogP contribution is 2.46. The zero-order valence-electron chi connectivity index (χ0n) is 18.3. The smallest absolute Gasteiger partial charge is 0.240 e. The Balaban J connectivity index is 1.53. The average Bonchev–Trinajstić information content (AvgIpc) is 3.30. The highest BCUT2D eigenvalue weighted by molar-refractivity contribution is 7.99. The monoisotopic (exact) mass is 456 g/mol. The maximum absolute atomic E-state index is 13.3. The van der Waals surface area contributed by atoms with E-state index in [1.807, 2.05) is 42.5 Å². The molecule has 7 nitrogen and oxygen atoms in total. The lowest BCUT2D eigenvalue weighted by atomic mass is 10.1. The molecule has 2 amide bonds. The van der Waals surface area contributed by atoms with Crippen LogP contribution in [0.15, 0.2) is 47.4 Å². The van der Waals surface area contributed by atoms with Crippen LogP contribution < -0.4 is 19.7 Å². The van der Waals surface area contributed by atoms with E-state index in [1.165, 1.54) is 0 Å². The number of rotatable bonds is 7. The lowest BCUT2D eigenvalue weighted by Gasteiger charge is -2.22. The Labute approximate surface area is 192 Å². The third-order valence-electron chi connectivity index (χ3n) is 5.72. The number of hydrogen-bond acceptors (Lipinski definition) is 6. The maximum Gasteiger partial charge on any atom is 0.240 e. The second-order valence-electron chi connectivity index (χ2n) is 7.81. The van der Waals surface area contributed by atoms with E-state index in [1.54, 1.807) is 30.9 Å². The van der Waals surface area contributed by atoms with Gasteiger partial charge >= 0.3 is 0 Å². The van der Waals surface area contributed by atoms with Gasteiger partial charge in [0.15, 0.2) is 11.5 Å². The number of methoxy groups -OCH3 is 2. The summed E-state index contributed by atoms with van der Waals surface area (Å²) in [5.74, 6) is 1.000. The molecule has 1 N–H and O–H groups in total. The average molecular weight is 457 g/mol. The van der Waals surface area contributed by atoms with E-state index in [9.17, 15) is 9.59 Å². The number of thioether (sulfide) groups is 1. The van der Waals surface area contributed by atoms with E-state index < -0.39 is 0 Å². The van der Waals surface area contributed by atoms with E-state index in [4.69, 9.17) is 14.2 Å². The van der Waals surface area contributed by atoms with Gasteiger partial charge in [0.2, 0.25) is 11.8 Å². The first kappa shape index (κ1) is 22.5. The number of carbonyl (C=O) groups is 2. The molecule has 2 aromatic carbocycles. The molecule has 32 heavy (non-hydrogen) atoms. The molecule has 0 bridgehead atoms. The van der Waals surface area contributed by atoms with Crippen molar-refractivity contribution in [2.45, 2.75) is 35.5 Å².